The minimum atomic E-state index is 0.419. The van der Waals surface area contributed by atoms with Crippen molar-refractivity contribution in [1.82, 2.24) is 5.32 Å². The molecule has 0 bridgehead atoms. The number of rotatable bonds is 4. The Morgan fingerprint density at radius 3 is 3.00 bits per heavy atom. The highest BCUT2D eigenvalue weighted by molar-refractivity contribution is 7.98. The van der Waals surface area contributed by atoms with Crippen molar-refractivity contribution < 1.29 is 4.74 Å². The molecular weight excluding hydrogens is 230 g/mol. The average Bonchev–Trinajstić information content (AvgIpc) is 2.33. The molecule has 3 heteroatoms. The van der Waals surface area contributed by atoms with Crippen LogP contribution < -0.4 is 10.1 Å². The summed E-state index contributed by atoms with van der Waals surface area (Å²) in [5, 5.41) is 3.72. The quantitative estimate of drug-likeness (QED) is 0.888. The normalized spacial score (nSPS) is 24.9. The zero-order valence-corrected chi connectivity index (χ0v) is 11.6. The van der Waals surface area contributed by atoms with Crippen LogP contribution in [0, 0.1) is 5.92 Å². The van der Waals surface area contributed by atoms with Gasteiger partial charge in [-0.25, -0.2) is 0 Å². The van der Waals surface area contributed by atoms with Crippen LogP contribution in [0.25, 0.3) is 0 Å². The van der Waals surface area contributed by atoms with Crippen molar-refractivity contribution in [3.8, 4) is 5.75 Å². The van der Waals surface area contributed by atoms with E-state index in [1.807, 2.05) is 17.8 Å². The molecule has 1 aromatic carbocycles. The minimum Gasteiger partial charge on any atom is -0.493 e. The Morgan fingerprint density at radius 2 is 2.24 bits per heavy atom. The Labute approximate surface area is 108 Å². The number of fused-ring (bicyclic) bond motifs is 1. The predicted molar refractivity (Wildman–Crippen MR) is 74.8 cm³/mol. The molecule has 2 nitrogen and oxygen atoms in total. The Balaban J connectivity index is 2.15. The monoisotopic (exact) mass is 251 g/mol. The summed E-state index contributed by atoms with van der Waals surface area (Å²) in [6.45, 7) is 5.31. The Morgan fingerprint density at radius 1 is 1.47 bits per heavy atom. The largest absolute Gasteiger partial charge is 0.493 e. The molecule has 1 heterocycles. The van der Waals surface area contributed by atoms with Crippen LogP contribution >= 0.6 is 11.8 Å². The SMILES string of the molecule is CSCC(C)NC1c2ccccc2OCC1C. The van der Waals surface area contributed by atoms with Gasteiger partial charge in [0.05, 0.1) is 6.61 Å². The lowest BCUT2D eigenvalue weighted by Crippen LogP contribution is -2.39. The van der Waals surface area contributed by atoms with Crippen molar-refractivity contribution >= 4 is 11.8 Å². The van der Waals surface area contributed by atoms with Gasteiger partial charge in [-0.2, -0.15) is 11.8 Å². The van der Waals surface area contributed by atoms with Crippen LogP contribution in [0.15, 0.2) is 24.3 Å². The van der Waals surface area contributed by atoms with E-state index in [0.29, 0.717) is 18.0 Å². The summed E-state index contributed by atoms with van der Waals surface area (Å²) in [5.41, 5.74) is 1.30. The maximum atomic E-state index is 5.76. The van der Waals surface area contributed by atoms with Gasteiger partial charge in [-0.1, -0.05) is 25.1 Å². The standard InChI is InChI=1S/C14H21NOS/c1-10-8-16-13-7-5-4-6-12(13)14(10)15-11(2)9-17-3/h4-7,10-11,14-15H,8-9H2,1-3H3. The molecule has 2 rings (SSSR count). The number of hydrogen-bond donors (Lipinski definition) is 1. The second-order valence-electron chi connectivity index (χ2n) is 4.83. The van der Waals surface area contributed by atoms with Crippen LogP contribution in [0.5, 0.6) is 5.75 Å². The molecule has 0 amide bonds. The first-order chi connectivity index (χ1) is 8.22. The minimum absolute atomic E-state index is 0.419. The Kier molecular flexibility index (Phi) is 4.35. The number of nitrogens with one attached hydrogen (secondary N) is 1. The zero-order chi connectivity index (χ0) is 12.3. The summed E-state index contributed by atoms with van der Waals surface area (Å²) >= 11 is 1.89. The van der Waals surface area contributed by atoms with Crippen molar-refractivity contribution in [2.24, 2.45) is 5.92 Å². The van der Waals surface area contributed by atoms with Crippen molar-refractivity contribution in [3.05, 3.63) is 29.8 Å². The molecule has 1 aliphatic rings. The van der Waals surface area contributed by atoms with Crippen molar-refractivity contribution in [1.29, 1.82) is 0 Å². The first-order valence-corrected chi connectivity index (χ1v) is 7.58. The fourth-order valence-electron chi connectivity index (χ4n) is 2.35. The third-order valence-corrected chi connectivity index (χ3v) is 4.04. The number of hydrogen-bond acceptors (Lipinski definition) is 3. The fourth-order valence-corrected chi connectivity index (χ4v) is 2.95. The number of benzene rings is 1. The van der Waals surface area contributed by atoms with Crippen LogP contribution in [0.2, 0.25) is 0 Å². The lowest BCUT2D eigenvalue weighted by atomic mass is 9.91. The number of ether oxygens (including phenoxy) is 1. The summed E-state index contributed by atoms with van der Waals surface area (Å²) < 4.78 is 5.76. The topological polar surface area (TPSA) is 21.3 Å². The predicted octanol–water partition coefficient (Wildman–Crippen LogP) is 3.10. The fraction of sp³-hybridized carbons (Fsp3) is 0.571. The van der Waals surface area contributed by atoms with E-state index < -0.39 is 0 Å². The summed E-state index contributed by atoms with van der Waals surface area (Å²) in [6, 6.07) is 9.32. The molecule has 1 aromatic rings. The van der Waals surface area contributed by atoms with Gasteiger partial charge in [0.2, 0.25) is 0 Å². The van der Waals surface area contributed by atoms with E-state index in [9.17, 15) is 0 Å². The molecule has 0 saturated heterocycles. The lowest BCUT2D eigenvalue weighted by Gasteiger charge is -2.34. The van der Waals surface area contributed by atoms with E-state index in [2.05, 4.69) is 43.6 Å². The smallest absolute Gasteiger partial charge is 0.124 e. The maximum absolute atomic E-state index is 5.76. The van der Waals surface area contributed by atoms with E-state index in [4.69, 9.17) is 4.74 Å². The van der Waals surface area contributed by atoms with Gasteiger partial charge in [0.25, 0.3) is 0 Å². The summed E-state index contributed by atoms with van der Waals surface area (Å²) in [7, 11) is 0. The maximum Gasteiger partial charge on any atom is 0.124 e. The van der Waals surface area contributed by atoms with Crippen LogP contribution in [-0.4, -0.2) is 24.7 Å². The molecule has 94 valence electrons. The lowest BCUT2D eigenvalue weighted by molar-refractivity contribution is 0.184. The molecule has 0 saturated carbocycles. The van der Waals surface area contributed by atoms with Gasteiger partial charge in [-0.3, -0.25) is 0 Å². The van der Waals surface area contributed by atoms with Gasteiger partial charge in [-0.15, -0.1) is 0 Å². The van der Waals surface area contributed by atoms with E-state index in [1.165, 1.54) is 5.56 Å². The molecule has 0 aliphatic carbocycles. The van der Waals surface area contributed by atoms with Crippen LogP contribution in [-0.2, 0) is 0 Å². The van der Waals surface area contributed by atoms with Gasteiger partial charge in [0.15, 0.2) is 0 Å². The second-order valence-corrected chi connectivity index (χ2v) is 5.74. The molecule has 0 radical (unpaired) electrons. The molecule has 1 N–H and O–H groups in total. The molecule has 17 heavy (non-hydrogen) atoms. The van der Waals surface area contributed by atoms with Crippen LogP contribution in [0.3, 0.4) is 0 Å². The summed E-state index contributed by atoms with van der Waals surface area (Å²) in [5.74, 6) is 2.71. The van der Waals surface area contributed by atoms with Crippen molar-refractivity contribution in [2.75, 3.05) is 18.6 Å². The van der Waals surface area contributed by atoms with E-state index in [-0.39, 0.29) is 0 Å². The van der Waals surface area contributed by atoms with E-state index >= 15 is 0 Å². The summed E-state index contributed by atoms with van der Waals surface area (Å²) in [4.78, 5) is 0. The van der Waals surface area contributed by atoms with E-state index in [0.717, 1.165) is 18.1 Å². The van der Waals surface area contributed by atoms with Crippen LogP contribution in [0.1, 0.15) is 25.5 Å². The number of para-hydroxylation sites is 1. The van der Waals surface area contributed by atoms with E-state index in [1.54, 1.807) is 0 Å². The molecule has 1 aliphatic heterocycles. The third kappa shape index (κ3) is 2.96. The first-order valence-electron chi connectivity index (χ1n) is 6.19. The highest BCUT2D eigenvalue weighted by Crippen LogP contribution is 2.35. The summed E-state index contributed by atoms with van der Waals surface area (Å²) in [6.07, 6.45) is 2.15. The van der Waals surface area contributed by atoms with Crippen LogP contribution in [0.4, 0.5) is 0 Å². The molecular formula is C14H21NOS. The highest BCUT2D eigenvalue weighted by atomic mass is 32.2. The molecule has 3 unspecified atom stereocenters. The second kappa shape index (κ2) is 5.78. The van der Waals surface area contributed by atoms with Crippen molar-refractivity contribution in [3.63, 3.8) is 0 Å². The molecule has 0 fully saturated rings. The first kappa shape index (κ1) is 12.8. The average molecular weight is 251 g/mol. The van der Waals surface area contributed by atoms with Gasteiger partial charge in [-0.05, 0) is 19.2 Å². The molecule has 0 aromatic heterocycles. The van der Waals surface area contributed by atoms with Crippen molar-refractivity contribution in [2.45, 2.75) is 25.9 Å². The van der Waals surface area contributed by atoms with Gasteiger partial charge < -0.3 is 10.1 Å². The highest BCUT2D eigenvalue weighted by Gasteiger charge is 2.28. The molecule has 0 spiro atoms. The Bertz CT molecular complexity index is 369. The Hall–Kier alpha value is -0.670. The molecule has 3 atom stereocenters. The third-order valence-electron chi connectivity index (χ3n) is 3.21. The van der Waals surface area contributed by atoms with Gasteiger partial charge in [0, 0.05) is 29.3 Å². The van der Waals surface area contributed by atoms with Gasteiger partial charge >= 0.3 is 0 Å². The van der Waals surface area contributed by atoms with Gasteiger partial charge in [0.1, 0.15) is 5.75 Å². The zero-order valence-electron chi connectivity index (χ0n) is 10.8. The number of thioether (sulfide) groups is 1.